The molecule has 4 unspecified atom stereocenters. The minimum absolute atomic E-state index is 0.0890. The molecule has 2 rings (SSSR count). The summed E-state index contributed by atoms with van der Waals surface area (Å²) in [5.74, 6) is -2.53. The van der Waals surface area contributed by atoms with Gasteiger partial charge in [-0.05, 0) is 69.8 Å². The molecule has 2 aromatic rings. The molecule has 2 aromatic carbocycles. The van der Waals surface area contributed by atoms with E-state index in [1.165, 1.54) is 19.1 Å². The number of rotatable bonds is 17. The highest BCUT2D eigenvalue weighted by Gasteiger charge is 2.29. The van der Waals surface area contributed by atoms with E-state index in [4.69, 9.17) is 4.74 Å². The summed E-state index contributed by atoms with van der Waals surface area (Å²) >= 11 is 0. The fraction of sp³-hybridized carbons (Fsp3) is 0.485. The average Bonchev–Trinajstić information content (AvgIpc) is 2.98. The summed E-state index contributed by atoms with van der Waals surface area (Å²) in [5, 5.41) is 22.9. The number of phenolic OH excluding ortho intramolecular Hbond substituents is 1. The lowest BCUT2D eigenvalue weighted by Gasteiger charge is -2.24. The van der Waals surface area contributed by atoms with Crippen molar-refractivity contribution in [2.45, 2.75) is 84.2 Å². The van der Waals surface area contributed by atoms with Crippen molar-refractivity contribution in [2.75, 3.05) is 13.6 Å². The Morgan fingerprint density at radius 2 is 1.29 bits per heavy atom. The highest BCUT2D eigenvalue weighted by Crippen LogP contribution is 2.12. The molecule has 45 heavy (non-hydrogen) atoms. The smallest absolute Gasteiger partial charge is 0.328 e. The van der Waals surface area contributed by atoms with Crippen molar-refractivity contribution in [2.24, 2.45) is 5.92 Å². The van der Waals surface area contributed by atoms with E-state index in [0.29, 0.717) is 12.8 Å². The summed E-state index contributed by atoms with van der Waals surface area (Å²) in [6.07, 6.45) is 0.478. The molecular weight excluding hydrogens is 578 g/mol. The summed E-state index contributed by atoms with van der Waals surface area (Å²) in [6.45, 7) is 8.35. The Balaban J connectivity index is 2.01. The van der Waals surface area contributed by atoms with Gasteiger partial charge in [-0.1, -0.05) is 56.3 Å². The van der Waals surface area contributed by atoms with E-state index in [2.05, 4.69) is 26.6 Å². The molecule has 4 atom stereocenters. The van der Waals surface area contributed by atoms with Gasteiger partial charge in [0.2, 0.25) is 23.6 Å². The molecule has 0 bridgehead atoms. The molecule has 12 nitrogen and oxygen atoms in total. The first kappa shape index (κ1) is 36.7. The normalized spacial score (nSPS) is 13.7. The molecule has 0 aliphatic rings. The van der Waals surface area contributed by atoms with Crippen LogP contribution in [-0.4, -0.2) is 78.6 Å². The molecule has 4 amide bonds. The largest absolute Gasteiger partial charge is 0.508 e. The van der Waals surface area contributed by atoms with Gasteiger partial charge in [0, 0.05) is 6.42 Å². The van der Waals surface area contributed by atoms with Crippen molar-refractivity contribution in [3.05, 3.63) is 65.7 Å². The van der Waals surface area contributed by atoms with Crippen LogP contribution in [0.1, 0.15) is 52.2 Å². The van der Waals surface area contributed by atoms with E-state index in [1.54, 1.807) is 33.0 Å². The van der Waals surface area contributed by atoms with Crippen LogP contribution in [0.2, 0.25) is 0 Å². The second-order valence-electron chi connectivity index (χ2n) is 11.6. The number of ether oxygens (including phenoxy) is 1. The van der Waals surface area contributed by atoms with Gasteiger partial charge in [-0.2, -0.15) is 0 Å². The number of hydrogen-bond acceptors (Lipinski definition) is 8. The van der Waals surface area contributed by atoms with E-state index in [9.17, 15) is 29.1 Å². The summed E-state index contributed by atoms with van der Waals surface area (Å²) in [4.78, 5) is 64.5. The van der Waals surface area contributed by atoms with Crippen LogP contribution < -0.4 is 26.6 Å². The molecular formula is C33H47N5O7. The monoisotopic (exact) mass is 625 g/mol. The molecule has 246 valence electrons. The van der Waals surface area contributed by atoms with Crippen molar-refractivity contribution in [1.29, 1.82) is 0 Å². The third-order valence-corrected chi connectivity index (χ3v) is 6.81. The highest BCUT2D eigenvalue weighted by atomic mass is 16.5. The van der Waals surface area contributed by atoms with Gasteiger partial charge in [0.1, 0.15) is 23.9 Å². The van der Waals surface area contributed by atoms with Crippen molar-refractivity contribution in [3.8, 4) is 5.75 Å². The Morgan fingerprint density at radius 1 is 0.711 bits per heavy atom. The summed E-state index contributed by atoms with van der Waals surface area (Å²) in [6, 6.07) is 12.0. The van der Waals surface area contributed by atoms with E-state index in [1.807, 2.05) is 44.2 Å². The van der Waals surface area contributed by atoms with E-state index >= 15 is 0 Å². The van der Waals surface area contributed by atoms with Crippen molar-refractivity contribution >= 4 is 29.6 Å². The fourth-order valence-electron chi connectivity index (χ4n) is 4.47. The molecule has 0 aromatic heterocycles. The number of amides is 4. The SMILES string of the molecule is CNC(Cc1ccc(O)cc1)C(=O)NC(C)C(=O)NCC(=O)NC(Cc1ccccc1)C(=O)NC(CC(C)C)C(=O)OC(C)C. The number of carbonyl (C=O) groups is 5. The first-order chi connectivity index (χ1) is 21.3. The zero-order chi connectivity index (χ0) is 33.5. The molecule has 6 N–H and O–H groups in total. The number of benzene rings is 2. The van der Waals surface area contributed by atoms with Crippen LogP contribution in [0.5, 0.6) is 5.75 Å². The number of carbonyl (C=O) groups excluding carboxylic acids is 5. The molecule has 0 aliphatic heterocycles. The second-order valence-corrected chi connectivity index (χ2v) is 11.6. The van der Waals surface area contributed by atoms with Crippen LogP contribution in [0.15, 0.2) is 54.6 Å². The van der Waals surface area contributed by atoms with E-state index in [-0.39, 0.29) is 24.2 Å². The third-order valence-electron chi connectivity index (χ3n) is 6.81. The van der Waals surface area contributed by atoms with Gasteiger partial charge in [0.05, 0.1) is 18.7 Å². The Hall–Kier alpha value is -4.45. The van der Waals surface area contributed by atoms with Gasteiger partial charge in [0.15, 0.2) is 0 Å². The lowest BCUT2D eigenvalue weighted by atomic mass is 10.0. The number of aromatic hydroxyl groups is 1. The second kappa shape index (κ2) is 18.4. The summed E-state index contributed by atoms with van der Waals surface area (Å²) < 4.78 is 5.33. The quantitative estimate of drug-likeness (QED) is 0.143. The maximum absolute atomic E-state index is 13.4. The Morgan fingerprint density at radius 3 is 1.87 bits per heavy atom. The molecule has 0 fully saturated rings. The fourth-order valence-corrected chi connectivity index (χ4v) is 4.47. The molecule has 0 spiro atoms. The Kier molecular flexibility index (Phi) is 15.0. The zero-order valence-electron chi connectivity index (χ0n) is 26.9. The molecule has 0 aliphatic carbocycles. The number of esters is 1. The van der Waals surface area contributed by atoms with Crippen LogP contribution in [0, 0.1) is 5.92 Å². The zero-order valence-corrected chi connectivity index (χ0v) is 26.9. The predicted molar refractivity (Wildman–Crippen MR) is 170 cm³/mol. The lowest BCUT2D eigenvalue weighted by molar-refractivity contribution is -0.152. The van der Waals surface area contributed by atoms with E-state index in [0.717, 1.165) is 11.1 Å². The Bertz CT molecular complexity index is 1270. The predicted octanol–water partition coefficient (Wildman–Crippen LogP) is 1.35. The van der Waals surface area contributed by atoms with Gasteiger partial charge in [-0.25, -0.2) is 4.79 Å². The topological polar surface area (TPSA) is 175 Å². The van der Waals surface area contributed by atoms with Crippen molar-refractivity contribution in [3.63, 3.8) is 0 Å². The van der Waals surface area contributed by atoms with Gasteiger partial charge in [-0.15, -0.1) is 0 Å². The van der Waals surface area contributed by atoms with Crippen LogP contribution in [0.25, 0.3) is 0 Å². The molecule has 12 heteroatoms. The number of nitrogens with one attached hydrogen (secondary N) is 5. The van der Waals surface area contributed by atoms with Gasteiger partial charge in [-0.3, -0.25) is 19.2 Å². The maximum Gasteiger partial charge on any atom is 0.328 e. The van der Waals surface area contributed by atoms with Crippen LogP contribution in [0.4, 0.5) is 0 Å². The van der Waals surface area contributed by atoms with Crippen molar-refractivity contribution < 1.29 is 33.8 Å². The number of hydrogen-bond donors (Lipinski definition) is 6. The third kappa shape index (κ3) is 13.4. The molecule has 0 saturated heterocycles. The minimum atomic E-state index is -1.04. The molecule has 0 heterocycles. The number of phenols is 1. The van der Waals surface area contributed by atoms with Gasteiger partial charge in [0.25, 0.3) is 0 Å². The first-order valence-electron chi connectivity index (χ1n) is 15.2. The molecule has 0 radical (unpaired) electrons. The van der Waals surface area contributed by atoms with Crippen molar-refractivity contribution in [1.82, 2.24) is 26.6 Å². The van der Waals surface area contributed by atoms with Crippen LogP contribution >= 0.6 is 0 Å². The summed E-state index contributed by atoms with van der Waals surface area (Å²) in [7, 11) is 1.63. The van der Waals surface area contributed by atoms with E-state index < -0.39 is 60.3 Å². The lowest BCUT2D eigenvalue weighted by Crippen LogP contribution is -2.55. The van der Waals surface area contributed by atoms with Crippen LogP contribution in [0.3, 0.4) is 0 Å². The van der Waals surface area contributed by atoms with Gasteiger partial charge < -0.3 is 36.4 Å². The number of likely N-dealkylation sites (N-methyl/N-ethyl adjacent to an activating group) is 1. The maximum atomic E-state index is 13.4. The van der Waals surface area contributed by atoms with Gasteiger partial charge >= 0.3 is 5.97 Å². The summed E-state index contributed by atoms with van der Waals surface area (Å²) in [5.41, 5.74) is 1.60. The average molecular weight is 626 g/mol. The molecule has 0 saturated carbocycles. The van der Waals surface area contributed by atoms with Crippen LogP contribution in [-0.2, 0) is 41.6 Å². The highest BCUT2D eigenvalue weighted by molar-refractivity contribution is 5.94. The Labute approximate surface area is 265 Å². The standard InChI is InChI=1S/C33H47N5O7/c1-20(2)16-28(33(44)45-21(3)4)38-32(43)27(18-23-10-8-7-9-11-23)37-29(40)19-35-30(41)22(5)36-31(42)26(34-6)17-24-12-14-25(39)15-13-24/h7-15,20-22,26-28,34,39H,16-19H2,1-6H3,(H,35,41)(H,36,42)(H,37,40)(H,38,43). The minimum Gasteiger partial charge on any atom is -0.508 e. The first-order valence-corrected chi connectivity index (χ1v) is 15.2.